The molecule has 0 spiro atoms. The lowest BCUT2D eigenvalue weighted by molar-refractivity contribution is -0.0130. The molecule has 1 fully saturated rings. The molecule has 0 bridgehead atoms. The highest BCUT2D eigenvalue weighted by Crippen LogP contribution is 2.29. The van der Waals surface area contributed by atoms with Gasteiger partial charge in [-0.3, -0.25) is 0 Å². The SMILES string of the molecule is CCCNC(COC)C(OC)C1CCCCC1. The summed E-state index contributed by atoms with van der Waals surface area (Å²) in [6.45, 7) is 3.98. The molecule has 1 aliphatic carbocycles. The van der Waals surface area contributed by atoms with Crippen LogP contribution in [0.3, 0.4) is 0 Å². The van der Waals surface area contributed by atoms with Gasteiger partial charge in [-0.05, 0) is 31.7 Å². The molecular formula is C14H29NO2. The maximum atomic E-state index is 5.76. The van der Waals surface area contributed by atoms with Crippen molar-refractivity contribution in [2.45, 2.75) is 57.6 Å². The van der Waals surface area contributed by atoms with E-state index in [1.165, 1.54) is 32.1 Å². The first-order valence-corrected chi connectivity index (χ1v) is 7.08. The zero-order chi connectivity index (χ0) is 12.5. The molecule has 3 nitrogen and oxygen atoms in total. The molecule has 1 aliphatic rings. The molecule has 0 amide bonds. The molecule has 3 heteroatoms. The molecule has 0 aromatic carbocycles. The third kappa shape index (κ3) is 4.94. The van der Waals surface area contributed by atoms with Gasteiger partial charge in [0.25, 0.3) is 0 Å². The summed E-state index contributed by atoms with van der Waals surface area (Å²) in [5, 5.41) is 3.57. The topological polar surface area (TPSA) is 30.5 Å². The molecule has 0 saturated heterocycles. The third-order valence-corrected chi connectivity index (χ3v) is 3.79. The molecule has 1 saturated carbocycles. The highest BCUT2D eigenvalue weighted by molar-refractivity contribution is 4.84. The quantitative estimate of drug-likeness (QED) is 0.711. The standard InChI is InChI=1S/C14H29NO2/c1-4-10-15-13(11-16-2)14(17-3)12-8-6-5-7-9-12/h12-15H,4-11H2,1-3H3. The van der Waals surface area contributed by atoms with Gasteiger partial charge in [-0.15, -0.1) is 0 Å². The molecule has 0 heterocycles. The normalized spacial score (nSPS) is 21.4. The second kappa shape index (κ2) is 8.90. The van der Waals surface area contributed by atoms with E-state index in [9.17, 15) is 0 Å². The minimum Gasteiger partial charge on any atom is -0.383 e. The van der Waals surface area contributed by atoms with E-state index in [-0.39, 0.29) is 0 Å². The first-order valence-electron chi connectivity index (χ1n) is 7.08. The van der Waals surface area contributed by atoms with E-state index in [1.54, 1.807) is 7.11 Å². The minimum absolute atomic E-state index is 0.307. The zero-order valence-electron chi connectivity index (χ0n) is 11.7. The average Bonchev–Trinajstić information content (AvgIpc) is 2.38. The van der Waals surface area contributed by atoms with Crippen molar-refractivity contribution in [2.24, 2.45) is 5.92 Å². The van der Waals surface area contributed by atoms with E-state index in [4.69, 9.17) is 9.47 Å². The van der Waals surface area contributed by atoms with Gasteiger partial charge >= 0.3 is 0 Å². The Hall–Kier alpha value is -0.120. The van der Waals surface area contributed by atoms with Crippen LogP contribution in [0.25, 0.3) is 0 Å². The van der Waals surface area contributed by atoms with Gasteiger partial charge in [0, 0.05) is 14.2 Å². The van der Waals surface area contributed by atoms with Gasteiger partial charge in [-0.1, -0.05) is 26.2 Å². The second-order valence-electron chi connectivity index (χ2n) is 5.11. The lowest BCUT2D eigenvalue weighted by Crippen LogP contribution is -2.48. The Bertz CT molecular complexity index is 181. The Kier molecular flexibility index (Phi) is 7.82. The van der Waals surface area contributed by atoms with Gasteiger partial charge in [0.2, 0.25) is 0 Å². The number of methoxy groups -OCH3 is 2. The highest BCUT2D eigenvalue weighted by atomic mass is 16.5. The van der Waals surface area contributed by atoms with Crippen LogP contribution >= 0.6 is 0 Å². The molecule has 102 valence electrons. The Labute approximate surface area is 106 Å². The van der Waals surface area contributed by atoms with Crippen molar-refractivity contribution in [2.75, 3.05) is 27.4 Å². The molecule has 17 heavy (non-hydrogen) atoms. The fraction of sp³-hybridized carbons (Fsp3) is 1.00. The highest BCUT2D eigenvalue weighted by Gasteiger charge is 2.30. The molecule has 2 unspecified atom stereocenters. The molecule has 0 radical (unpaired) electrons. The van der Waals surface area contributed by atoms with Gasteiger partial charge in [-0.25, -0.2) is 0 Å². The summed E-state index contributed by atoms with van der Waals surface area (Å²) in [6, 6.07) is 0.341. The number of ether oxygens (including phenoxy) is 2. The average molecular weight is 243 g/mol. The maximum Gasteiger partial charge on any atom is 0.0774 e. The van der Waals surface area contributed by atoms with Crippen molar-refractivity contribution in [1.82, 2.24) is 5.32 Å². The smallest absolute Gasteiger partial charge is 0.0774 e. The van der Waals surface area contributed by atoms with Gasteiger partial charge in [0.05, 0.1) is 18.8 Å². The lowest BCUT2D eigenvalue weighted by atomic mass is 9.82. The van der Waals surface area contributed by atoms with Crippen molar-refractivity contribution in [1.29, 1.82) is 0 Å². The number of rotatable bonds is 8. The second-order valence-corrected chi connectivity index (χ2v) is 5.11. The minimum atomic E-state index is 0.307. The van der Waals surface area contributed by atoms with Crippen LogP contribution in [0.4, 0.5) is 0 Å². The van der Waals surface area contributed by atoms with Crippen molar-refractivity contribution in [3.63, 3.8) is 0 Å². The van der Waals surface area contributed by atoms with E-state index in [1.807, 2.05) is 7.11 Å². The van der Waals surface area contributed by atoms with Crippen LogP contribution in [-0.4, -0.2) is 39.5 Å². The van der Waals surface area contributed by atoms with Gasteiger partial charge in [0.1, 0.15) is 0 Å². The van der Waals surface area contributed by atoms with Gasteiger partial charge in [-0.2, -0.15) is 0 Å². The molecule has 1 rings (SSSR count). The summed E-state index contributed by atoms with van der Waals surface area (Å²) in [7, 11) is 3.61. The summed E-state index contributed by atoms with van der Waals surface area (Å²) >= 11 is 0. The number of hydrogen-bond acceptors (Lipinski definition) is 3. The fourth-order valence-electron chi connectivity index (χ4n) is 2.93. The van der Waals surface area contributed by atoms with Crippen molar-refractivity contribution in [3.05, 3.63) is 0 Å². The van der Waals surface area contributed by atoms with E-state index in [0.29, 0.717) is 18.1 Å². The molecule has 1 N–H and O–H groups in total. The van der Waals surface area contributed by atoms with Crippen LogP contribution in [0.15, 0.2) is 0 Å². The summed E-state index contributed by atoms with van der Waals surface area (Å²) in [4.78, 5) is 0. The van der Waals surface area contributed by atoms with Crippen LogP contribution in [0.2, 0.25) is 0 Å². The Morgan fingerprint density at radius 3 is 2.41 bits per heavy atom. The molecular weight excluding hydrogens is 214 g/mol. The Morgan fingerprint density at radius 1 is 1.18 bits per heavy atom. The van der Waals surface area contributed by atoms with Gasteiger partial charge < -0.3 is 14.8 Å². The molecule has 2 atom stereocenters. The van der Waals surface area contributed by atoms with Crippen LogP contribution in [0.5, 0.6) is 0 Å². The Morgan fingerprint density at radius 2 is 1.88 bits per heavy atom. The first kappa shape index (κ1) is 14.9. The predicted molar refractivity (Wildman–Crippen MR) is 71.3 cm³/mol. The summed E-state index contributed by atoms with van der Waals surface area (Å²) in [6.07, 6.45) is 8.20. The van der Waals surface area contributed by atoms with Crippen LogP contribution in [-0.2, 0) is 9.47 Å². The summed E-state index contributed by atoms with van der Waals surface area (Å²) < 4.78 is 11.1. The number of nitrogens with one attached hydrogen (secondary N) is 1. The van der Waals surface area contributed by atoms with Gasteiger partial charge in [0.15, 0.2) is 0 Å². The zero-order valence-corrected chi connectivity index (χ0v) is 11.7. The van der Waals surface area contributed by atoms with Crippen LogP contribution in [0, 0.1) is 5.92 Å². The van der Waals surface area contributed by atoms with Crippen LogP contribution in [0.1, 0.15) is 45.4 Å². The molecule has 0 aromatic heterocycles. The summed E-state index contributed by atoms with van der Waals surface area (Å²) in [5.41, 5.74) is 0. The first-order chi connectivity index (χ1) is 8.33. The Balaban J connectivity index is 2.51. The number of hydrogen-bond donors (Lipinski definition) is 1. The predicted octanol–water partition coefficient (Wildman–Crippen LogP) is 2.60. The molecule has 0 aromatic rings. The van der Waals surface area contributed by atoms with E-state index in [2.05, 4.69) is 12.2 Å². The lowest BCUT2D eigenvalue weighted by Gasteiger charge is -2.35. The van der Waals surface area contributed by atoms with E-state index >= 15 is 0 Å². The van der Waals surface area contributed by atoms with Crippen LogP contribution < -0.4 is 5.32 Å². The monoisotopic (exact) mass is 243 g/mol. The molecule has 0 aliphatic heterocycles. The summed E-state index contributed by atoms with van der Waals surface area (Å²) in [5.74, 6) is 0.707. The van der Waals surface area contributed by atoms with Crippen molar-refractivity contribution in [3.8, 4) is 0 Å². The van der Waals surface area contributed by atoms with E-state index < -0.39 is 0 Å². The third-order valence-electron chi connectivity index (χ3n) is 3.79. The van der Waals surface area contributed by atoms with Crippen molar-refractivity contribution >= 4 is 0 Å². The maximum absolute atomic E-state index is 5.76. The fourth-order valence-corrected chi connectivity index (χ4v) is 2.93. The van der Waals surface area contributed by atoms with Crippen molar-refractivity contribution < 1.29 is 9.47 Å². The largest absolute Gasteiger partial charge is 0.383 e. The van der Waals surface area contributed by atoms with E-state index in [0.717, 1.165) is 19.6 Å².